The molecule has 2 aromatic rings. The first kappa shape index (κ1) is 13.3. The summed E-state index contributed by atoms with van der Waals surface area (Å²) in [6, 6.07) is 13.7. The van der Waals surface area contributed by atoms with Crippen LogP contribution < -0.4 is 0 Å². The lowest BCUT2D eigenvalue weighted by molar-refractivity contribution is 0.477. The van der Waals surface area contributed by atoms with Gasteiger partial charge in [-0.3, -0.25) is 4.99 Å². The molecule has 0 spiro atoms. The highest BCUT2D eigenvalue weighted by Gasteiger charge is 1.99. The first-order chi connectivity index (χ1) is 9.06. The van der Waals surface area contributed by atoms with E-state index in [0.717, 1.165) is 11.1 Å². The van der Waals surface area contributed by atoms with Crippen molar-refractivity contribution in [3.63, 3.8) is 0 Å². The highest BCUT2D eigenvalue weighted by Crippen LogP contribution is 2.26. The molecule has 0 heterocycles. The topological polar surface area (TPSA) is 32.6 Å². The zero-order chi connectivity index (χ0) is 13.8. The zero-order valence-electron chi connectivity index (χ0n) is 11.6. The smallest absolute Gasteiger partial charge is 0.141 e. The van der Waals surface area contributed by atoms with Crippen molar-refractivity contribution < 1.29 is 5.11 Å². The fraction of sp³-hybridized carbons (Fsp3) is 0.235. The van der Waals surface area contributed by atoms with Gasteiger partial charge in [0.1, 0.15) is 11.4 Å². The van der Waals surface area contributed by atoms with Crippen molar-refractivity contribution in [1.82, 2.24) is 0 Å². The van der Waals surface area contributed by atoms with E-state index in [-0.39, 0.29) is 5.75 Å². The molecule has 0 aliphatic rings. The highest BCUT2D eigenvalue weighted by atomic mass is 16.3. The SMILES string of the molecule is Cc1ccc(O)c(N=Cc2ccc(C(C)C)cc2)c1. The van der Waals surface area contributed by atoms with Gasteiger partial charge in [-0.1, -0.05) is 44.2 Å². The fourth-order valence-corrected chi connectivity index (χ4v) is 1.85. The van der Waals surface area contributed by atoms with Crippen molar-refractivity contribution in [2.24, 2.45) is 4.99 Å². The predicted octanol–water partition coefficient (Wildman–Crippen LogP) is 4.57. The van der Waals surface area contributed by atoms with E-state index in [1.54, 1.807) is 12.3 Å². The second-order valence-corrected chi connectivity index (χ2v) is 5.07. The molecule has 0 aromatic heterocycles. The van der Waals surface area contributed by atoms with Gasteiger partial charge in [0.05, 0.1) is 0 Å². The normalized spacial score (nSPS) is 11.4. The zero-order valence-corrected chi connectivity index (χ0v) is 11.6. The Hall–Kier alpha value is -2.09. The third kappa shape index (κ3) is 3.44. The number of hydrogen-bond acceptors (Lipinski definition) is 2. The average Bonchev–Trinajstić information content (AvgIpc) is 2.40. The number of nitrogens with zero attached hydrogens (tertiary/aromatic N) is 1. The van der Waals surface area contributed by atoms with Gasteiger partial charge in [0.25, 0.3) is 0 Å². The maximum Gasteiger partial charge on any atom is 0.141 e. The van der Waals surface area contributed by atoms with E-state index in [0.29, 0.717) is 11.6 Å². The average molecular weight is 253 g/mol. The van der Waals surface area contributed by atoms with E-state index in [1.807, 2.05) is 31.2 Å². The van der Waals surface area contributed by atoms with Crippen LogP contribution in [0.15, 0.2) is 47.5 Å². The van der Waals surface area contributed by atoms with Crippen LogP contribution in [0.25, 0.3) is 0 Å². The molecule has 0 bridgehead atoms. The molecule has 1 N–H and O–H groups in total. The third-order valence-corrected chi connectivity index (χ3v) is 3.09. The Bertz CT molecular complexity index is 583. The third-order valence-electron chi connectivity index (χ3n) is 3.09. The lowest BCUT2D eigenvalue weighted by Gasteiger charge is -2.04. The molecule has 0 atom stereocenters. The molecule has 0 aliphatic heterocycles. The van der Waals surface area contributed by atoms with Gasteiger partial charge in [-0.2, -0.15) is 0 Å². The molecular weight excluding hydrogens is 234 g/mol. The second kappa shape index (κ2) is 5.70. The molecule has 98 valence electrons. The molecule has 0 amide bonds. The summed E-state index contributed by atoms with van der Waals surface area (Å²) in [5.41, 5.74) is 4.04. The second-order valence-electron chi connectivity index (χ2n) is 5.07. The van der Waals surface area contributed by atoms with Gasteiger partial charge in [-0.25, -0.2) is 0 Å². The van der Waals surface area contributed by atoms with Crippen molar-refractivity contribution >= 4 is 11.9 Å². The summed E-state index contributed by atoms with van der Waals surface area (Å²) in [4.78, 5) is 4.34. The number of rotatable bonds is 3. The maximum absolute atomic E-state index is 9.72. The summed E-state index contributed by atoms with van der Waals surface area (Å²) >= 11 is 0. The van der Waals surface area contributed by atoms with E-state index in [2.05, 4.69) is 31.0 Å². The first-order valence-electron chi connectivity index (χ1n) is 6.50. The van der Waals surface area contributed by atoms with Crippen molar-refractivity contribution in [2.75, 3.05) is 0 Å². The summed E-state index contributed by atoms with van der Waals surface area (Å²) in [6.07, 6.45) is 1.78. The van der Waals surface area contributed by atoms with Crippen molar-refractivity contribution in [3.8, 4) is 5.75 Å². The van der Waals surface area contributed by atoms with Crippen LogP contribution in [-0.4, -0.2) is 11.3 Å². The number of hydrogen-bond donors (Lipinski definition) is 1. The molecule has 2 heteroatoms. The number of aromatic hydroxyl groups is 1. The van der Waals surface area contributed by atoms with E-state index in [1.165, 1.54) is 5.56 Å². The molecule has 2 rings (SSSR count). The molecule has 2 nitrogen and oxygen atoms in total. The minimum absolute atomic E-state index is 0.209. The van der Waals surface area contributed by atoms with E-state index >= 15 is 0 Å². The first-order valence-corrected chi connectivity index (χ1v) is 6.50. The van der Waals surface area contributed by atoms with Crippen LogP contribution >= 0.6 is 0 Å². The number of phenolic OH excluding ortho intramolecular Hbond substituents is 1. The molecule has 0 aliphatic carbocycles. The van der Waals surface area contributed by atoms with Gasteiger partial charge in [-0.05, 0) is 41.7 Å². The monoisotopic (exact) mass is 253 g/mol. The number of phenols is 1. The molecule has 19 heavy (non-hydrogen) atoms. The van der Waals surface area contributed by atoms with Crippen LogP contribution in [0.1, 0.15) is 36.5 Å². The van der Waals surface area contributed by atoms with Crippen LogP contribution in [0.3, 0.4) is 0 Å². The maximum atomic E-state index is 9.72. The molecule has 0 saturated heterocycles. The number of aliphatic imine (C=N–C) groups is 1. The standard InChI is InChI=1S/C17H19NO/c1-12(2)15-7-5-14(6-8-15)11-18-16-10-13(3)4-9-17(16)19/h4-12,19H,1-3H3. The van der Waals surface area contributed by atoms with Crippen LogP contribution in [0.5, 0.6) is 5.75 Å². The van der Waals surface area contributed by atoms with Gasteiger partial charge < -0.3 is 5.11 Å². The lowest BCUT2D eigenvalue weighted by atomic mass is 10.0. The summed E-state index contributed by atoms with van der Waals surface area (Å²) in [6.45, 7) is 6.33. The van der Waals surface area contributed by atoms with E-state index in [4.69, 9.17) is 0 Å². The molecule has 0 unspecified atom stereocenters. The van der Waals surface area contributed by atoms with E-state index < -0.39 is 0 Å². The minimum Gasteiger partial charge on any atom is -0.506 e. The molecule has 0 radical (unpaired) electrons. The van der Waals surface area contributed by atoms with Crippen LogP contribution in [0.4, 0.5) is 5.69 Å². The van der Waals surface area contributed by atoms with Gasteiger partial charge in [0.15, 0.2) is 0 Å². The summed E-state index contributed by atoms with van der Waals surface area (Å²) in [7, 11) is 0. The van der Waals surface area contributed by atoms with Crippen molar-refractivity contribution in [3.05, 3.63) is 59.2 Å². The molecule has 2 aromatic carbocycles. The Balaban J connectivity index is 2.20. The summed E-state index contributed by atoms with van der Waals surface area (Å²) in [5.74, 6) is 0.743. The Labute approximate surface area is 114 Å². The van der Waals surface area contributed by atoms with Crippen LogP contribution in [0.2, 0.25) is 0 Å². The molecule has 0 fully saturated rings. The molecular formula is C17H19NO. The number of aryl methyl sites for hydroxylation is 1. The number of benzene rings is 2. The van der Waals surface area contributed by atoms with Gasteiger partial charge in [0, 0.05) is 6.21 Å². The fourth-order valence-electron chi connectivity index (χ4n) is 1.85. The van der Waals surface area contributed by atoms with E-state index in [9.17, 15) is 5.11 Å². The van der Waals surface area contributed by atoms with Crippen molar-refractivity contribution in [2.45, 2.75) is 26.7 Å². The Morgan fingerprint density at radius 3 is 2.37 bits per heavy atom. The lowest BCUT2D eigenvalue weighted by Crippen LogP contribution is -1.88. The molecule has 0 saturated carbocycles. The Morgan fingerprint density at radius 2 is 1.74 bits per heavy atom. The Morgan fingerprint density at radius 1 is 1.05 bits per heavy atom. The minimum atomic E-state index is 0.209. The van der Waals surface area contributed by atoms with Crippen LogP contribution in [-0.2, 0) is 0 Å². The largest absolute Gasteiger partial charge is 0.506 e. The Kier molecular flexibility index (Phi) is 4.00. The van der Waals surface area contributed by atoms with Gasteiger partial charge >= 0.3 is 0 Å². The predicted molar refractivity (Wildman–Crippen MR) is 80.6 cm³/mol. The highest BCUT2D eigenvalue weighted by molar-refractivity contribution is 5.82. The van der Waals surface area contributed by atoms with Crippen molar-refractivity contribution in [1.29, 1.82) is 0 Å². The van der Waals surface area contributed by atoms with Gasteiger partial charge in [0.2, 0.25) is 0 Å². The van der Waals surface area contributed by atoms with Gasteiger partial charge in [-0.15, -0.1) is 0 Å². The summed E-state index contributed by atoms with van der Waals surface area (Å²) < 4.78 is 0. The quantitative estimate of drug-likeness (QED) is 0.798. The van der Waals surface area contributed by atoms with Crippen LogP contribution in [0, 0.1) is 6.92 Å². The summed E-state index contributed by atoms with van der Waals surface area (Å²) in [5, 5.41) is 9.72.